The molecule has 7 heteroatoms. The van der Waals surface area contributed by atoms with Crippen molar-refractivity contribution in [2.24, 2.45) is 0 Å². The predicted molar refractivity (Wildman–Crippen MR) is 95.6 cm³/mol. The molecule has 24 heavy (non-hydrogen) atoms. The number of para-hydroxylation sites is 2. The van der Waals surface area contributed by atoms with Gasteiger partial charge in [0.15, 0.2) is 0 Å². The van der Waals surface area contributed by atoms with Crippen molar-refractivity contribution in [2.75, 3.05) is 25.6 Å². The van der Waals surface area contributed by atoms with Gasteiger partial charge in [0, 0.05) is 11.6 Å². The largest absolute Gasteiger partial charge is 0.490 e. The molecule has 2 N–H and O–H groups in total. The summed E-state index contributed by atoms with van der Waals surface area (Å²) in [4.78, 5) is 20.0. The standard InChI is InChI=1S/C17H16BrN3O3/c1-23-8-9-24-15-7-6-11(18)10-12(15)16(22)21-17-19-13-4-2-3-5-14(13)20-17/h2-7,10H,8-9H2,1H3,(H2,19,20,21,22). The topological polar surface area (TPSA) is 76.2 Å². The van der Waals surface area contributed by atoms with Gasteiger partial charge >= 0.3 is 0 Å². The van der Waals surface area contributed by atoms with Gasteiger partial charge in [-0.3, -0.25) is 10.1 Å². The molecule has 0 atom stereocenters. The Labute approximate surface area is 147 Å². The lowest BCUT2D eigenvalue weighted by molar-refractivity contribution is 0.101. The van der Waals surface area contributed by atoms with Crippen LogP contribution in [0.3, 0.4) is 0 Å². The van der Waals surface area contributed by atoms with E-state index in [-0.39, 0.29) is 5.91 Å². The van der Waals surface area contributed by atoms with Gasteiger partial charge < -0.3 is 14.5 Å². The zero-order chi connectivity index (χ0) is 16.9. The first kappa shape index (κ1) is 16.5. The lowest BCUT2D eigenvalue weighted by atomic mass is 10.2. The van der Waals surface area contributed by atoms with Crippen molar-refractivity contribution in [1.82, 2.24) is 9.97 Å². The fourth-order valence-corrected chi connectivity index (χ4v) is 2.59. The Morgan fingerprint density at radius 2 is 2.08 bits per heavy atom. The second kappa shape index (κ2) is 7.46. The van der Waals surface area contributed by atoms with E-state index in [1.165, 1.54) is 0 Å². The van der Waals surface area contributed by atoms with Crippen LogP contribution in [0.2, 0.25) is 0 Å². The van der Waals surface area contributed by atoms with E-state index in [9.17, 15) is 4.79 Å². The number of hydrogen-bond acceptors (Lipinski definition) is 4. The number of amides is 1. The van der Waals surface area contributed by atoms with Crippen LogP contribution in [0, 0.1) is 0 Å². The van der Waals surface area contributed by atoms with Crippen molar-refractivity contribution in [1.29, 1.82) is 0 Å². The number of benzene rings is 2. The molecule has 0 aliphatic heterocycles. The van der Waals surface area contributed by atoms with E-state index in [0.29, 0.717) is 30.5 Å². The number of halogens is 1. The predicted octanol–water partition coefficient (Wildman–Crippen LogP) is 3.60. The molecule has 1 heterocycles. The molecule has 0 spiro atoms. The summed E-state index contributed by atoms with van der Waals surface area (Å²) in [5.41, 5.74) is 2.07. The van der Waals surface area contributed by atoms with Crippen LogP contribution >= 0.6 is 15.9 Å². The van der Waals surface area contributed by atoms with Crippen molar-refractivity contribution < 1.29 is 14.3 Å². The van der Waals surface area contributed by atoms with Crippen LogP contribution in [0.1, 0.15) is 10.4 Å². The van der Waals surface area contributed by atoms with Gasteiger partial charge in [0.1, 0.15) is 12.4 Å². The minimum absolute atomic E-state index is 0.303. The van der Waals surface area contributed by atoms with E-state index in [1.54, 1.807) is 19.2 Å². The van der Waals surface area contributed by atoms with Gasteiger partial charge in [-0.1, -0.05) is 28.1 Å². The third-order valence-electron chi connectivity index (χ3n) is 3.35. The molecule has 0 aliphatic carbocycles. The molecule has 3 rings (SSSR count). The normalized spacial score (nSPS) is 10.8. The van der Waals surface area contributed by atoms with Gasteiger partial charge in [-0.25, -0.2) is 4.98 Å². The third kappa shape index (κ3) is 3.74. The highest BCUT2D eigenvalue weighted by molar-refractivity contribution is 9.10. The number of aromatic amines is 1. The minimum atomic E-state index is -0.303. The Kier molecular flexibility index (Phi) is 5.12. The van der Waals surface area contributed by atoms with Crippen molar-refractivity contribution >= 4 is 38.8 Å². The molecule has 0 aliphatic rings. The average Bonchev–Trinajstić information content (AvgIpc) is 2.98. The zero-order valence-corrected chi connectivity index (χ0v) is 14.6. The Morgan fingerprint density at radius 3 is 2.88 bits per heavy atom. The van der Waals surface area contributed by atoms with Crippen LogP contribution in [0.4, 0.5) is 5.95 Å². The van der Waals surface area contributed by atoms with Crippen molar-refractivity contribution in [3.05, 3.63) is 52.5 Å². The first-order valence-electron chi connectivity index (χ1n) is 7.35. The maximum atomic E-state index is 12.6. The van der Waals surface area contributed by atoms with Gasteiger partial charge in [-0.2, -0.15) is 0 Å². The summed E-state index contributed by atoms with van der Waals surface area (Å²) in [7, 11) is 1.60. The average molecular weight is 390 g/mol. The zero-order valence-electron chi connectivity index (χ0n) is 13.0. The van der Waals surface area contributed by atoms with Crippen molar-refractivity contribution in [2.45, 2.75) is 0 Å². The number of carbonyl (C=O) groups excluding carboxylic acids is 1. The molecule has 0 unspecified atom stereocenters. The Balaban J connectivity index is 1.81. The monoisotopic (exact) mass is 389 g/mol. The minimum Gasteiger partial charge on any atom is -0.490 e. The smallest absolute Gasteiger partial charge is 0.261 e. The highest BCUT2D eigenvalue weighted by Crippen LogP contribution is 2.24. The Morgan fingerprint density at radius 1 is 1.25 bits per heavy atom. The first-order valence-corrected chi connectivity index (χ1v) is 8.14. The van der Waals surface area contributed by atoms with E-state index < -0.39 is 0 Å². The second-order valence-corrected chi connectivity index (χ2v) is 5.95. The van der Waals surface area contributed by atoms with Crippen LogP contribution in [0.25, 0.3) is 11.0 Å². The SMILES string of the molecule is COCCOc1ccc(Br)cc1C(=O)Nc1nc2ccccc2[nH]1. The van der Waals surface area contributed by atoms with Gasteiger partial charge in [-0.15, -0.1) is 0 Å². The summed E-state index contributed by atoms with van der Waals surface area (Å²) in [6.45, 7) is 0.809. The lowest BCUT2D eigenvalue weighted by Gasteiger charge is -2.11. The summed E-state index contributed by atoms with van der Waals surface area (Å²) < 4.78 is 11.4. The van der Waals surface area contributed by atoms with Gasteiger partial charge in [0.25, 0.3) is 5.91 Å². The second-order valence-electron chi connectivity index (χ2n) is 5.04. The quantitative estimate of drug-likeness (QED) is 0.631. The van der Waals surface area contributed by atoms with Gasteiger partial charge in [-0.05, 0) is 30.3 Å². The molecule has 3 aromatic rings. The van der Waals surface area contributed by atoms with E-state index >= 15 is 0 Å². The van der Waals surface area contributed by atoms with Crippen LogP contribution < -0.4 is 10.1 Å². The molecular formula is C17H16BrN3O3. The number of carbonyl (C=O) groups is 1. The molecule has 0 radical (unpaired) electrons. The van der Waals surface area contributed by atoms with Gasteiger partial charge in [0.05, 0.1) is 23.2 Å². The number of H-pyrrole nitrogens is 1. The van der Waals surface area contributed by atoms with Crippen molar-refractivity contribution in [3.63, 3.8) is 0 Å². The summed E-state index contributed by atoms with van der Waals surface area (Å²) in [5.74, 6) is 0.579. The number of imidazole rings is 1. The van der Waals surface area contributed by atoms with E-state index in [0.717, 1.165) is 15.5 Å². The fraction of sp³-hybridized carbons (Fsp3) is 0.176. The molecule has 6 nitrogen and oxygen atoms in total. The molecule has 0 bridgehead atoms. The van der Waals surface area contributed by atoms with Crippen molar-refractivity contribution in [3.8, 4) is 5.75 Å². The maximum absolute atomic E-state index is 12.6. The molecule has 1 amide bonds. The van der Waals surface area contributed by atoms with Crippen LogP contribution in [0.5, 0.6) is 5.75 Å². The van der Waals surface area contributed by atoms with E-state index in [4.69, 9.17) is 9.47 Å². The number of rotatable bonds is 6. The number of fused-ring (bicyclic) bond motifs is 1. The number of nitrogens with zero attached hydrogens (tertiary/aromatic N) is 1. The summed E-state index contributed by atoms with van der Waals surface area (Å²) in [5, 5.41) is 2.77. The third-order valence-corrected chi connectivity index (χ3v) is 3.85. The number of aromatic nitrogens is 2. The summed E-state index contributed by atoms with van der Waals surface area (Å²) >= 11 is 3.38. The number of methoxy groups -OCH3 is 1. The molecular weight excluding hydrogens is 374 g/mol. The molecule has 2 aromatic carbocycles. The van der Waals surface area contributed by atoms with Crippen LogP contribution in [-0.4, -0.2) is 36.2 Å². The molecule has 124 valence electrons. The highest BCUT2D eigenvalue weighted by atomic mass is 79.9. The number of ether oxygens (including phenoxy) is 2. The lowest BCUT2D eigenvalue weighted by Crippen LogP contribution is -2.15. The molecule has 0 saturated carbocycles. The Bertz CT molecular complexity index is 830. The molecule has 0 saturated heterocycles. The fourth-order valence-electron chi connectivity index (χ4n) is 2.23. The van der Waals surface area contributed by atoms with Gasteiger partial charge in [0.2, 0.25) is 5.95 Å². The summed E-state index contributed by atoms with van der Waals surface area (Å²) in [6, 6.07) is 12.8. The van der Waals surface area contributed by atoms with E-state index in [2.05, 4.69) is 31.2 Å². The molecule has 1 aromatic heterocycles. The number of anilines is 1. The first-order chi connectivity index (χ1) is 11.7. The van der Waals surface area contributed by atoms with Crippen LogP contribution in [-0.2, 0) is 4.74 Å². The number of hydrogen-bond donors (Lipinski definition) is 2. The molecule has 0 fully saturated rings. The summed E-state index contributed by atoms with van der Waals surface area (Å²) in [6.07, 6.45) is 0. The van der Waals surface area contributed by atoms with Crippen LogP contribution in [0.15, 0.2) is 46.9 Å². The highest BCUT2D eigenvalue weighted by Gasteiger charge is 2.15. The number of nitrogens with one attached hydrogen (secondary N) is 2. The van der Waals surface area contributed by atoms with E-state index in [1.807, 2.05) is 30.3 Å². The Hall–Kier alpha value is -2.38. The maximum Gasteiger partial charge on any atom is 0.261 e.